The van der Waals surface area contributed by atoms with Crippen molar-refractivity contribution in [2.24, 2.45) is 0 Å². The molecule has 1 aromatic heterocycles. The predicted octanol–water partition coefficient (Wildman–Crippen LogP) is 5.60. The average Bonchev–Trinajstić information content (AvgIpc) is 3.17. The highest BCUT2D eigenvalue weighted by Crippen LogP contribution is 2.42. The number of carboxylic acid groups (broad SMARTS) is 2. The first-order chi connectivity index (χ1) is 26.8. The minimum Gasteiger partial charge on any atom is -0.508 e. The molecule has 0 bridgehead atoms. The van der Waals surface area contributed by atoms with Crippen molar-refractivity contribution in [1.29, 1.82) is 0 Å². The Morgan fingerprint density at radius 3 is 2.27 bits per heavy atom. The number of nitrogens with one attached hydrogen (secondary N) is 1. The van der Waals surface area contributed by atoms with Crippen LogP contribution in [0.25, 0.3) is 44.3 Å². The number of carboxylic acids is 2. The van der Waals surface area contributed by atoms with Crippen LogP contribution in [0.1, 0.15) is 46.9 Å². The number of carbonyl (C=O) groups excluding carboxylic acids is 2. The summed E-state index contributed by atoms with van der Waals surface area (Å²) in [5, 5.41) is 32.9. The van der Waals surface area contributed by atoms with E-state index in [1.807, 2.05) is 0 Å². The summed E-state index contributed by atoms with van der Waals surface area (Å²) in [7, 11) is 0. The third kappa shape index (κ3) is 7.13. The molecule has 1 fully saturated rings. The molecule has 7 rings (SSSR count). The zero-order valence-electron chi connectivity index (χ0n) is 30.0. The van der Waals surface area contributed by atoms with Gasteiger partial charge in [-0.05, 0) is 67.4 Å². The normalized spacial score (nSPS) is 13.0. The first kappa shape index (κ1) is 37.3. The molecule has 14 nitrogen and oxygen atoms in total. The molecule has 2 aliphatic heterocycles. The topological polar surface area (TPSA) is 200 Å². The number of hydrogen-bond donors (Lipinski definition) is 4. The maximum atomic E-state index is 15.3. The third-order valence-corrected chi connectivity index (χ3v) is 9.97. The number of piperazine rings is 1. The van der Waals surface area contributed by atoms with Gasteiger partial charge in [0.25, 0.3) is 0 Å². The van der Waals surface area contributed by atoms with Gasteiger partial charge < -0.3 is 39.4 Å². The number of aromatic carboxylic acids is 2. The third-order valence-electron chi connectivity index (χ3n) is 9.97. The highest BCUT2D eigenvalue weighted by Gasteiger charge is 2.26. The molecule has 0 unspecified atom stereocenters. The number of carbonyl (C=O) groups is 4. The Labute approximate surface area is 317 Å². The Morgan fingerprint density at radius 1 is 0.821 bits per heavy atom. The van der Waals surface area contributed by atoms with Crippen molar-refractivity contribution in [2.75, 3.05) is 36.4 Å². The fourth-order valence-corrected chi connectivity index (χ4v) is 7.20. The van der Waals surface area contributed by atoms with E-state index in [2.05, 4.69) is 5.32 Å². The highest BCUT2D eigenvalue weighted by atomic mass is 19.1. The zero-order valence-corrected chi connectivity index (χ0v) is 30.0. The number of rotatable bonds is 10. The van der Waals surface area contributed by atoms with Crippen molar-refractivity contribution in [3.63, 3.8) is 0 Å². The largest absolute Gasteiger partial charge is 0.508 e. The number of halogens is 1. The van der Waals surface area contributed by atoms with E-state index in [9.17, 15) is 44.1 Å². The second-order valence-corrected chi connectivity index (χ2v) is 13.4. The molecule has 4 N–H and O–H groups in total. The van der Waals surface area contributed by atoms with Crippen LogP contribution in [-0.4, -0.2) is 74.7 Å². The van der Waals surface area contributed by atoms with Crippen molar-refractivity contribution in [2.45, 2.75) is 32.7 Å². The molecular weight excluding hydrogens is 727 g/mol. The van der Waals surface area contributed by atoms with E-state index in [0.29, 0.717) is 60.3 Å². The number of pyridine rings is 1. The number of anilines is 2. The molecule has 0 atom stereocenters. The summed E-state index contributed by atoms with van der Waals surface area (Å²) in [6.45, 7) is 3.36. The predicted molar refractivity (Wildman–Crippen MR) is 205 cm³/mol. The van der Waals surface area contributed by atoms with Crippen LogP contribution in [0.5, 0.6) is 5.75 Å². The van der Waals surface area contributed by atoms with Crippen LogP contribution in [-0.2, 0) is 16.1 Å². The van der Waals surface area contributed by atoms with Crippen LogP contribution in [0, 0.1) is 5.82 Å². The van der Waals surface area contributed by atoms with Crippen molar-refractivity contribution < 1.29 is 43.3 Å². The zero-order chi connectivity index (χ0) is 39.8. The Hall–Kier alpha value is -7.03. The first-order valence-electron chi connectivity index (χ1n) is 17.8. The second kappa shape index (κ2) is 15.0. The van der Waals surface area contributed by atoms with Gasteiger partial charge in [-0.1, -0.05) is 6.07 Å². The van der Waals surface area contributed by atoms with Crippen LogP contribution in [0.3, 0.4) is 0 Å². The van der Waals surface area contributed by atoms with Crippen LogP contribution < -0.4 is 21.1 Å². The van der Waals surface area contributed by atoms with Gasteiger partial charge in [-0.15, -0.1) is 0 Å². The molecule has 1 aliphatic carbocycles. The molecule has 56 heavy (non-hydrogen) atoms. The molecule has 15 heteroatoms. The van der Waals surface area contributed by atoms with Crippen LogP contribution in [0.15, 0.2) is 86.9 Å². The number of nitrogens with zero attached hydrogens (tertiary/aromatic N) is 3. The van der Waals surface area contributed by atoms with Gasteiger partial charge in [0.1, 0.15) is 28.5 Å². The minimum absolute atomic E-state index is 0.0165. The smallest absolute Gasteiger partial charge is 0.341 e. The Morgan fingerprint density at radius 2 is 1.55 bits per heavy atom. The molecule has 4 aromatic rings. The maximum absolute atomic E-state index is 15.3. The number of phenolic OH excluding ortho intramolecular Hbond substituents is 1. The quantitative estimate of drug-likeness (QED) is 0.127. The molecule has 286 valence electrons. The molecule has 0 spiro atoms. The van der Waals surface area contributed by atoms with Crippen molar-refractivity contribution in [1.82, 2.24) is 9.47 Å². The lowest BCUT2D eigenvalue weighted by Crippen LogP contribution is -2.49. The number of benzene rings is 4. The van der Waals surface area contributed by atoms with Gasteiger partial charge >= 0.3 is 11.9 Å². The van der Waals surface area contributed by atoms with E-state index in [-0.39, 0.29) is 70.0 Å². The highest BCUT2D eigenvalue weighted by molar-refractivity contribution is 6.08. The van der Waals surface area contributed by atoms with E-state index in [1.54, 1.807) is 45.6 Å². The lowest BCUT2D eigenvalue weighted by molar-refractivity contribution is -0.131. The van der Waals surface area contributed by atoms with Crippen molar-refractivity contribution in [3.05, 3.63) is 110 Å². The maximum Gasteiger partial charge on any atom is 0.341 e. The average molecular weight is 763 g/mol. The monoisotopic (exact) mass is 762 g/mol. The second-order valence-electron chi connectivity index (χ2n) is 13.4. The summed E-state index contributed by atoms with van der Waals surface area (Å²) in [4.78, 5) is 78.3. The number of aryl methyl sites for hydroxylation is 1. The van der Waals surface area contributed by atoms with Crippen LogP contribution in [0.2, 0.25) is 0 Å². The van der Waals surface area contributed by atoms with Gasteiger partial charge in [-0.3, -0.25) is 19.2 Å². The molecule has 3 heterocycles. The van der Waals surface area contributed by atoms with E-state index in [4.69, 9.17) is 4.42 Å². The van der Waals surface area contributed by atoms with Crippen molar-refractivity contribution in [3.8, 4) is 28.2 Å². The number of amides is 2. The number of phenols is 1. The summed E-state index contributed by atoms with van der Waals surface area (Å²) in [5.41, 5.74) is 0.730. The van der Waals surface area contributed by atoms with E-state index in [0.717, 1.165) is 6.07 Å². The number of aromatic hydroxyl groups is 1. The molecule has 3 aliphatic rings. The number of hydrogen-bond acceptors (Lipinski definition) is 9. The Bertz CT molecular complexity index is 2680. The lowest BCUT2D eigenvalue weighted by atomic mass is 9.90. The number of fused-ring (bicyclic) bond motifs is 3. The molecular formula is C41H35FN4O10. The van der Waals surface area contributed by atoms with Crippen LogP contribution >= 0.6 is 0 Å². The Balaban J connectivity index is 0.987. The molecule has 0 radical (unpaired) electrons. The summed E-state index contributed by atoms with van der Waals surface area (Å²) in [6.07, 6.45) is 1.53. The van der Waals surface area contributed by atoms with Gasteiger partial charge in [0, 0.05) is 91.5 Å². The summed E-state index contributed by atoms with van der Waals surface area (Å²) >= 11 is 0. The fourth-order valence-electron chi connectivity index (χ4n) is 7.20. The van der Waals surface area contributed by atoms with Crippen LogP contribution in [0.4, 0.5) is 15.8 Å². The molecule has 3 aromatic carbocycles. The van der Waals surface area contributed by atoms with Gasteiger partial charge in [0.15, 0.2) is 5.43 Å². The van der Waals surface area contributed by atoms with E-state index >= 15 is 4.39 Å². The van der Waals surface area contributed by atoms with Gasteiger partial charge in [0.2, 0.25) is 17.2 Å². The molecule has 0 saturated carbocycles. The Kier molecular flexibility index (Phi) is 10.00. The van der Waals surface area contributed by atoms with Gasteiger partial charge in [0.05, 0.1) is 16.8 Å². The molecule has 2 amide bonds. The minimum atomic E-state index is -1.39. The SMILES string of the molecule is CCn1cc(C(=O)O)c(=O)c2cc(F)c(N3CCN(C(=O)CCCC(=O)Nc4ccc(-c5c6ccc(=O)cc-6oc6cc(O)ccc56)c(C(=O)O)c4)CC3)cc21. The summed E-state index contributed by atoms with van der Waals surface area (Å²) in [6, 6.07) is 15.6. The van der Waals surface area contributed by atoms with Gasteiger partial charge in [-0.2, -0.15) is 0 Å². The summed E-state index contributed by atoms with van der Waals surface area (Å²) < 4.78 is 22.8. The molecule has 1 saturated heterocycles. The van der Waals surface area contributed by atoms with Gasteiger partial charge in [-0.25, -0.2) is 14.0 Å². The fraction of sp³-hybridized carbons (Fsp3) is 0.220. The van der Waals surface area contributed by atoms with E-state index in [1.165, 1.54) is 42.6 Å². The number of aromatic nitrogens is 1. The summed E-state index contributed by atoms with van der Waals surface area (Å²) in [5.74, 6) is -3.80. The van der Waals surface area contributed by atoms with Crippen molar-refractivity contribution >= 4 is 57.0 Å². The standard InChI is InChI=1S/C41H35FN4O10/c1-2-44-21-30(41(54)55)39(51)29-19-31(42)33(20-32(29)44)45-12-14-46(15-13-45)37(50)5-3-4-36(49)43-22-6-9-25(28(16-22)40(52)53)38-26-10-7-23(47)17-34(26)56-35-18-24(48)8-11-27(35)38/h6-11,16-21,47H,2-5,12-15H2,1H3,(H,43,49)(H,52,53)(H,54,55). The lowest BCUT2D eigenvalue weighted by Gasteiger charge is -2.36. The first-order valence-corrected chi connectivity index (χ1v) is 17.8. The van der Waals surface area contributed by atoms with E-state index < -0.39 is 34.7 Å².